The molecule has 2 aromatic rings. The van der Waals surface area contributed by atoms with Crippen molar-refractivity contribution in [2.75, 3.05) is 0 Å². The summed E-state index contributed by atoms with van der Waals surface area (Å²) in [6.07, 6.45) is 0. The molecule has 0 saturated carbocycles. The zero-order valence-electron chi connectivity index (χ0n) is 6.58. The molecule has 2 heterocycles. The van der Waals surface area contributed by atoms with E-state index in [1.165, 1.54) is 0 Å². The van der Waals surface area contributed by atoms with Crippen molar-refractivity contribution in [3.05, 3.63) is 45.8 Å². The van der Waals surface area contributed by atoms with Gasteiger partial charge in [0.1, 0.15) is 0 Å². The third-order valence-electron chi connectivity index (χ3n) is 0.758. The van der Waals surface area contributed by atoms with Gasteiger partial charge in [0, 0.05) is 0 Å². The first-order valence-electron chi connectivity index (χ1n) is 2.79. The monoisotopic (exact) mass is 370 g/mol. The van der Waals surface area contributed by atoms with Crippen LogP contribution in [0.1, 0.15) is 0 Å². The van der Waals surface area contributed by atoms with Crippen molar-refractivity contribution in [1.82, 2.24) is 0 Å². The molecule has 2 rings (SSSR count). The summed E-state index contributed by atoms with van der Waals surface area (Å²) in [6, 6.07) is 7.71. The molecule has 0 fully saturated rings. The molecule has 0 amide bonds. The van der Waals surface area contributed by atoms with E-state index in [4.69, 9.17) is 0 Å². The van der Waals surface area contributed by atoms with Crippen LogP contribution < -0.4 is 18.9 Å². The van der Waals surface area contributed by atoms with Crippen molar-refractivity contribution in [1.29, 1.82) is 0 Å². The van der Waals surface area contributed by atoms with Gasteiger partial charge in [-0.2, -0.15) is 22.9 Å². The molecular weight excluding hydrogens is 364 g/mol. The zero-order chi connectivity index (χ0) is 7.07. The fourth-order valence-electron chi connectivity index (χ4n) is 0.393. The Labute approximate surface area is 109 Å². The second kappa shape index (κ2) is 11.7. The van der Waals surface area contributed by atoms with Gasteiger partial charge in [-0.05, 0) is 0 Å². The largest absolute Gasteiger partial charge is 1.00 e. The van der Waals surface area contributed by atoms with Gasteiger partial charge >= 0.3 is 41.2 Å². The maximum absolute atomic E-state index is 2.90. The average Bonchev–Trinajstić information content (AvgIpc) is 2.67. The molecule has 0 nitrogen and oxygen atoms in total. The normalized spacial score (nSPS) is 6.67. The summed E-state index contributed by atoms with van der Waals surface area (Å²) in [5.41, 5.74) is 0. The van der Waals surface area contributed by atoms with Crippen molar-refractivity contribution in [3.63, 3.8) is 0 Å². The van der Waals surface area contributed by atoms with Crippen LogP contribution in [0.25, 0.3) is 0 Å². The quantitative estimate of drug-likeness (QED) is 0.456. The number of rotatable bonds is 0. The summed E-state index contributed by atoms with van der Waals surface area (Å²) in [7, 11) is 0. The second-order valence-electron chi connectivity index (χ2n) is 1.46. The first kappa shape index (κ1) is 15.2. The molecule has 0 aromatic carbocycles. The fraction of sp³-hybridized carbons (Fsp3) is 0. The minimum absolute atomic E-state index is 0. The Kier molecular flexibility index (Phi) is 14.9. The number of thiophene rings is 2. The van der Waals surface area contributed by atoms with Crippen molar-refractivity contribution in [2.45, 2.75) is 0 Å². The van der Waals surface area contributed by atoms with E-state index < -0.39 is 0 Å². The van der Waals surface area contributed by atoms with Crippen molar-refractivity contribution in [3.8, 4) is 0 Å². The minimum Gasteiger partial charge on any atom is -0.304 e. The van der Waals surface area contributed by atoms with Crippen LogP contribution in [0.4, 0.5) is 0 Å². The maximum atomic E-state index is 2.90. The predicted octanol–water partition coefficient (Wildman–Crippen LogP) is 0.0981. The summed E-state index contributed by atoms with van der Waals surface area (Å²) in [4.78, 5) is 0. The van der Waals surface area contributed by atoms with Crippen molar-refractivity contribution >= 4 is 22.7 Å². The van der Waals surface area contributed by atoms with Gasteiger partial charge in [-0.3, -0.25) is 0 Å². The molecule has 4 heteroatoms. The van der Waals surface area contributed by atoms with Gasteiger partial charge in [0.15, 0.2) is 0 Å². The van der Waals surface area contributed by atoms with Gasteiger partial charge in [0.25, 0.3) is 0 Å². The Morgan fingerprint density at radius 3 is 1.33 bits per heavy atom. The van der Waals surface area contributed by atoms with Crippen LogP contribution in [0, 0.1) is 10.8 Å². The Morgan fingerprint density at radius 1 is 0.833 bits per heavy atom. The Morgan fingerprint density at radius 2 is 1.25 bits per heavy atom. The van der Waals surface area contributed by atoms with Gasteiger partial charge in [-0.15, -0.1) is 10.8 Å². The third-order valence-corrected chi connectivity index (χ3v) is 1.89. The smallest absolute Gasteiger partial charge is 0.304 e. The standard InChI is InChI=1S/2C4H3S.Au.Li/c2*1-2-4-5-3-1;;/h2*1-3H;;/q2*-1;2*+1. The summed E-state index contributed by atoms with van der Waals surface area (Å²) < 4.78 is 0. The molecule has 0 aliphatic carbocycles. The van der Waals surface area contributed by atoms with Gasteiger partial charge < -0.3 is 22.7 Å². The molecule has 0 aliphatic heterocycles. The van der Waals surface area contributed by atoms with E-state index >= 15 is 0 Å². The fourth-order valence-corrected chi connectivity index (χ4v) is 1.18. The minimum atomic E-state index is 0. The SMILES string of the molecule is [Au+].[Li+].[c-]1cccs1.[c-]1cccs1. The van der Waals surface area contributed by atoms with Gasteiger partial charge in [0.05, 0.1) is 0 Å². The van der Waals surface area contributed by atoms with Crippen LogP contribution in [0.15, 0.2) is 35.0 Å². The Hall–Kier alpha value is 0.738. The first-order chi connectivity index (χ1) is 5.00. The van der Waals surface area contributed by atoms with Crippen LogP contribution in [0.3, 0.4) is 0 Å². The average molecular weight is 370 g/mol. The first-order valence-corrected chi connectivity index (χ1v) is 4.55. The molecule has 2 aromatic heterocycles. The van der Waals surface area contributed by atoms with Crippen molar-refractivity contribution < 1.29 is 41.2 Å². The van der Waals surface area contributed by atoms with E-state index in [-0.39, 0.29) is 41.2 Å². The molecule has 12 heavy (non-hydrogen) atoms. The summed E-state index contributed by atoms with van der Waals surface area (Å²) in [6.45, 7) is 0. The maximum Gasteiger partial charge on any atom is 1.00 e. The third kappa shape index (κ3) is 8.83. The topological polar surface area (TPSA) is 0 Å². The Bertz CT molecular complexity index is 156. The molecule has 0 saturated heterocycles. The number of hydrogen-bond donors (Lipinski definition) is 0. The molecule has 0 radical (unpaired) electrons. The van der Waals surface area contributed by atoms with Gasteiger partial charge in [-0.1, -0.05) is 0 Å². The summed E-state index contributed by atoms with van der Waals surface area (Å²) >= 11 is 3.18. The molecule has 0 atom stereocenters. The molecular formula is C8H6AuLiS2. The van der Waals surface area contributed by atoms with Gasteiger partial charge in [0.2, 0.25) is 0 Å². The molecule has 0 aliphatic rings. The molecule has 0 N–H and O–H groups in total. The van der Waals surface area contributed by atoms with Crippen LogP contribution in [-0.4, -0.2) is 0 Å². The van der Waals surface area contributed by atoms with Crippen LogP contribution in [0.5, 0.6) is 0 Å². The van der Waals surface area contributed by atoms with E-state index in [1.807, 2.05) is 35.0 Å². The number of hydrogen-bond acceptors (Lipinski definition) is 2. The molecule has 0 spiro atoms. The molecule has 0 unspecified atom stereocenters. The second-order valence-corrected chi connectivity index (χ2v) is 2.95. The summed E-state index contributed by atoms with van der Waals surface area (Å²) in [5.74, 6) is 0. The van der Waals surface area contributed by atoms with E-state index in [9.17, 15) is 0 Å². The van der Waals surface area contributed by atoms with E-state index in [1.54, 1.807) is 22.7 Å². The van der Waals surface area contributed by atoms with E-state index in [0.29, 0.717) is 0 Å². The van der Waals surface area contributed by atoms with Crippen LogP contribution in [0.2, 0.25) is 0 Å². The van der Waals surface area contributed by atoms with Crippen LogP contribution in [-0.2, 0) is 22.4 Å². The Balaban J connectivity index is 0. The molecule has 0 bridgehead atoms. The van der Waals surface area contributed by atoms with E-state index in [0.717, 1.165) is 0 Å². The summed E-state index contributed by atoms with van der Waals surface area (Å²) in [5, 5.41) is 9.78. The zero-order valence-corrected chi connectivity index (χ0v) is 10.4. The van der Waals surface area contributed by atoms with E-state index in [2.05, 4.69) is 10.8 Å². The predicted molar refractivity (Wildman–Crippen MR) is 46.3 cm³/mol. The molecule has 62 valence electrons. The van der Waals surface area contributed by atoms with Gasteiger partial charge in [-0.25, -0.2) is 12.1 Å². The van der Waals surface area contributed by atoms with Crippen molar-refractivity contribution in [2.24, 2.45) is 0 Å². The van der Waals surface area contributed by atoms with Crippen LogP contribution >= 0.6 is 22.7 Å².